The Morgan fingerprint density at radius 3 is 1.16 bits per heavy atom. The molecule has 0 amide bonds. The fourth-order valence-electron chi connectivity index (χ4n) is 10.7. The summed E-state index contributed by atoms with van der Waals surface area (Å²) in [5.41, 5.74) is 12.0. The third kappa shape index (κ3) is 7.20. The minimum atomic E-state index is -2.68. The topological polar surface area (TPSA) is 3.24 Å². The van der Waals surface area contributed by atoms with Crippen LogP contribution in [0.25, 0.3) is 71.4 Å². The standard InChI is InChI=1S/C66H47NSi/c1-6-26-51(27-7-1)67(52-28-8-2-9-29-52)53-41-43-62-64(47-53)66(60-39-21-25-50-23-17-19-37-58(50)60)61-42-40-48(46-63(61)65(62)59-38-20-24-49-22-16-18-36-57(49)59)44-45-68(54-30-10-3-11-31-54,55-32-12-4-13-33-55)56-34-14-5-15-35-56/h1-47H/b45-44+. The van der Waals surface area contributed by atoms with Crippen LogP contribution in [0, 0.1) is 0 Å². The molecule has 0 aliphatic carbocycles. The zero-order chi connectivity index (χ0) is 45.3. The predicted molar refractivity (Wildman–Crippen MR) is 295 cm³/mol. The summed E-state index contributed by atoms with van der Waals surface area (Å²) in [4.78, 5) is 2.38. The normalized spacial score (nSPS) is 11.8. The van der Waals surface area contributed by atoms with Gasteiger partial charge in [-0.05, 0) is 129 Å². The van der Waals surface area contributed by atoms with Crippen LogP contribution in [0.1, 0.15) is 5.56 Å². The molecule has 0 atom stereocenters. The summed E-state index contributed by atoms with van der Waals surface area (Å²) in [5.74, 6) is 0. The number of anilines is 3. The SMILES string of the molecule is C(=C\[Si](c1ccccc1)(c1ccccc1)c1ccccc1)/c1ccc2c(-c3cccc4ccccc34)c3cc(N(c4ccccc4)c4ccccc4)ccc3c(-c3cccc4ccccc34)c2c1. The highest BCUT2D eigenvalue weighted by Gasteiger charge is 2.36. The van der Waals surface area contributed by atoms with Gasteiger partial charge < -0.3 is 4.90 Å². The van der Waals surface area contributed by atoms with E-state index in [1.807, 2.05) is 0 Å². The molecule has 0 saturated carbocycles. The third-order valence-corrected chi connectivity index (χ3v) is 18.1. The van der Waals surface area contributed by atoms with E-state index in [0.717, 1.165) is 22.6 Å². The number of rotatable bonds is 10. The van der Waals surface area contributed by atoms with E-state index in [4.69, 9.17) is 0 Å². The van der Waals surface area contributed by atoms with E-state index in [1.54, 1.807) is 0 Å². The lowest BCUT2D eigenvalue weighted by Crippen LogP contribution is -2.66. The van der Waals surface area contributed by atoms with Crippen molar-refractivity contribution in [1.82, 2.24) is 0 Å². The van der Waals surface area contributed by atoms with Crippen molar-refractivity contribution in [1.29, 1.82) is 0 Å². The van der Waals surface area contributed by atoms with Crippen LogP contribution in [0.15, 0.2) is 279 Å². The van der Waals surface area contributed by atoms with Gasteiger partial charge in [0.1, 0.15) is 0 Å². The lowest BCUT2D eigenvalue weighted by atomic mass is 9.83. The molecule has 0 aromatic heterocycles. The quantitative estimate of drug-likeness (QED) is 0.0751. The maximum absolute atomic E-state index is 2.68. The molecule has 0 bridgehead atoms. The van der Waals surface area contributed by atoms with E-state index in [-0.39, 0.29) is 0 Å². The van der Waals surface area contributed by atoms with Crippen molar-refractivity contribution >= 4 is 89.9 Å². The molecule has 2 heteroatoms. The monoisotopic (exact) mass is 881 g/mol. The van der Waals surface area contributed by atoms with Gasteiger partial charge >= 0.3 is 0 Å². The zero-order valence-electron chi connectivity index (χ0n) is 37.6. The Morgan fingerprint density at radius 2 is 0.676 bits per heavy atom. The van der Waals surface area contributed by atoms with Crippen molar-refractivity contribution in [3.8, 4) is 22.3 Å². The van der Waals surface area contributed by atoms with Crippen LogP contribution < -0.4 is 20.5 Å². The molecule has 0 N–H and O–H groups in total. The second kappa shape index (κ2) is 17.7. The number of fused-ring (bicyclic) bond motifs is 4. The van der Waals surface area contributed by atoms with Crippen LogP contribution in [0.3, 0.4) is 0 Å². The Labute approximate surface area is 399 Å². The van der Waals surface area contributed by atoms with E-state index in [2.05, 4.69) is 290 Å². The van der Waals surface area contributed by atoms with Crippen LogP contribution in [0.4, 0.5) is 17.1 Å². The molecule has 12 rings (SSSR count). The van der Waals surface area contributed by atoms with Crippen LogP contribution in [0.5, 0.6) is 0 Å². The fraction of sp³-hybridized carbons (Fsp3) is 0. The number of hydrogen-bond donors (Lipinski definition) is 0. The maximum Gasteiger partial charge on any atom is 0.172 e. The Hall–Kier alpha value is -8.56. The zero-order valence-corrected chi connectivity index (χ0v) is 38.6. The van der Waals surface area contributed by atoms with Crippen LogP contribution in [0.2, 0.25) is 0 Å². The smallest absolute Gasteiger partial charge is 0.172 e. The molecule has 0 radical (unpaired) electrons. The third-order valence-electron chi connectivity index (χ3n) is 13.7. The minimum Gasteiger partial charge on any atom is -0.310 e. The molecule has 0 aliphatic rings. The second-order valence-electron chi connectivity index (χ2n) is 17.6. The first-order valence-corrected chi connectivity index (χ1v) is 25.6. The van der Waals surface area contributed by atoms with Gasteiger partial charge in [-0.15, -0.1) is 0 Å². The summed E-state index contributed by atoms with van der Waals surface area (Å²) in [6, 6.07) is 100. The van der Waals surface area contributed by atoms with E-state index in [0.29, 0.717) is 0 Å². The van der Waals surface area contributed by atoms with Gasteiger partial charge in [-0.3, -0.25) is 0 Å². The first-order chi connectivity index (χ1) is 33.7. The first-order valence-electron chi connectivity index (χ1n) is 23.5. The van der Waals surface area contributed by atoms with Crippen molar-refractivity contribution in [2.75, 3.05) is 4.90 Å². The van der Waals surface area contributed by atoms with E-state index in [9.17, 15) is 0 Å². The maximum atomic E-state index is 2.56. The molecular formula is C66H47NSi. The molecule has 0 heterocycles. The molecular weight excluding hydrogens is 835 g/mol. The molecule has 68 heavy (non-hydrogen) atoms. The molecule has 0 spiro atoms. The average Bonchev–Trinajstić information content (AvgIpc) is 3.42. The number of para-hydroxylation sites is 2. The molecule has 320 valence electrons. The summed E-state index contributed by atoms with van der Waals surface area (Å²) >= 11 is 0. The average molecular weight is 882 g/mol. The van der Waals surface area contributed by atoms with Crippen molar-refractivity contribution in [2.24, 2.45) is 0 Å². The lowest BCUT2D eigenvalue weighted by molar-refractivity contribution is 1.29. The molecule has 0 saturated heterocycles. The Kier molecular flexibility index (Phi) is 10.6. The number of benzene rings is 12. The highest BCUT2D eigenvalue weighted by molar-refractivity contribution is 7.15. The minimum absolute atomic E-state index is 1.10. The van der Waals surface area contributed by atoms with E-state index in [1.165, 1.54) is 80.9 Å². The second-order valence-corrected chi connectivity index (χ2v) is 21.3. The number of hydrogen-bond acceptors (Lipinski definition) is 1. The molecule has 0 fully saturated rings. The van der Waals surface area contributed by atoms with Crippen molar-refractivity contribution in [3.05, 3.63) is 284 Å². The van der Waals surface area contributed by atoms with Gasteiger partial charge in [0.15, 0.2) is 8.07 Å². The molecule has 1 nitrogen and oxygen atoms in total. The highest BCUT2D eigenvalue weighted by Crippen LogP contribution is 2.49. The Morgan fingerprint density at radius 1 is 0.279 bits per heavy atom. The highest BCUT2D eigenvalue weighted by atomic mass is 28.3. The van der Waals surface area contributed by atoms with Crippen molar-refractivity contribution < 1.29 is 0 Å². The summed E-state index contributed by atoms with van der Waals surface area (Å²) in [5, 5.41) is 13.8. The molecule has 0 aliphatic heterocycles. The Balaban J connectivity index is 1.19. The van der Waals surface area contributed by atoms with Gasteiger partial charge in [0.2, 0.25) is 0 Å². The summed E-state index contributed by atoms with van der Waals surface area (Å²) in [6.07, 6.45) is 2.41. The summed E-state index contributed by atoms with van der Waals surface area (Å²) < 4.78 is 0. The lowest BCUT2D eigenvalue weighted by Gasteiger charge is -2.30. The van der Waals surface area contributed by atoms with E-state index < -0.39 is 8.07 Å². The van der Waals surface area contributed by atoms with Crippen LogP contribution in [-0.4, -0.2) is 8.07 Å². The molecule has 12 aromatic rings. The van der Waals surface area contributed by atoms with Crippen molar-refractivity contribution in [3.63, 3.8) is 0 Å². The van der Waals surface area contributed by atoms with Gasteiger partial charge in [-0.2, -0.15) is 0 Å². The van der Waals surface area contributed by atoms with Gasteiger partial charge in [0.05, 0.1) is 0 Å². The Bertz CT molecular complexity index is 3630. The van der Waals surface area contributed by atoms with Crippen LogP contribution >= 0.6 is 0 Å². The number of nitrogens with zero attached hydrogens (tertiary/aromatic N) is 1. The van der Waals surface area contributed by atoms with Gasteiger partial charge in [-0.1, -0.05) is 242 Å². The molecule has 12 aromatic carbocycles. The summed E-state index contributed by atoms with van der Waals surface area (Å²) in [7, 11) is -2.68. The fourth-order valence-corrected chi connectivity index (χ4v) is 14.8. The summed E-state index contributed by atoms with van der Waals surface area (Å²) in [6.45, 7) is 0. The van der Waals surface area contributed by atoms with Gasteiger partial charge in [0, 0.05) is 17.1 Å². The largest absolute Gasteiger partial charge is 0.310 e. The van der Waals surface area contributed by atoms with Crippen molar-refractivity contribution in [2.45, 2.75) is 0 Å². The van der Waals surface area contributed by atoms with Crippen LogP contribution in [-0.2, 0) is 0 Å². The van der Waals surface area contributed by atoms with Gasteiger partial charge in [-0.25, -0.2) is 0 Å². The molecule has 0 unspecified atom stereocenters. The van der Waals surface area contributed by atoms with Gasteiger partial charge in [0.25, 0.3) is 0 Å². The predicted octanol–water partition coefficient (Wildman–Crippen LogP) is 15.8. The first kappa shape index (κ1) is 40.9. The van der Waals surface area contributed by atoms with E-state index >= 15 is 0 Å².